The minimum absolute atomic E-state index is 0.802. The van der Waals surface area contributed by atoms with E-state index in [2.05, 4.69) is 30.3 Å². The SMILES string of the molecule is CCN(C)Cc1cc(CNC)oc1C. The molecular formula is C11H20N2O. The standard InChI is InChI=1S/C11H20N2O/c1-5-13(4)8-10-6-11(7-12-3)14-9(10)2/h6,12H,5,7-8H2,1-4H3. The molecule has 14 heavy (non-hydrogen) atoms. The molecule has 1 rings (SSSR count). The number of nitrogens with one attached hydrogen (secondary N) is 1. The predicted molar refractivity (Wildman–Crippen MR) is 58.2 cm³/mol. The lowest BCUT2D eigenvalue weighted by Gasteiger charge is -2.12. The molecule has 1 aromatic rings. The van der Waals surface area contributed by atoms with Gasteiger partial charge in [0.05, 0.1) is 6.54 Å². The van der Waals surface area contributed by atoms with Crippen LogP contribution in [0.5, 0.6) is 0 Å². The van der Waals surface area contributed by atoms with Crippen LogP contribution in [-0.2, 0) is 13.1 Å². The molecule has 0 aliphatic heterocycles. The molecule has 0 aromatic carbocycles. The van der Waals surface area contributed by atoms with E-state index in [9.17, 15) is 0 Å². The Hall–Kier alpha value is -0.800. The second kappa shape index (κ2) is 5.17. The van der Waals surface area contributed by atoms with Crippen LogP contribution >= 0.6 is 0 Å². The summed E-state index contributed by atoms with van der Waals surface area (Å²) in [6.45, 7) is 7.01. The van der Waals surface area contributed by atoms with Crippen molar-refractivity contribution >= 4 is 0 Å². The third-order valence-electron chi connectivity index (χ3n) is 2.40. The lowest BCUT2D eigenvalue weighted by molar-refractivity contribution is 0.342. The van der Waals surface area contributed by atoms with Gasteiger partial charge in [-0.3, -0.25) is 0 Å². The first-order valence-electron chi connectivity index (χ1n) is 5.08. The molecule has 0 aliphatic carbocycles. The Kier molecular flexibility index (Phi) is 4.17. The average molecular weight is 196 g/mol. The van der Waals surface area contributed by atoms with Gasteiger partial charge in [0.2, 0.25) is 0 Å². The van der Waals surface area contributed by atoms with Crippen LogP contribution in [0.2, 0.25) is 0 Å². The zero-order valence-electron chi connectivity index (χ0n) is 9.55. The van der Waals surface area contributed by atoms with Gasteiger partial charge in [0, 0.05) is 12.1 Å². The van der Waals surface area contributed by atoms with Crippen molar-refractivity contribution in [3.63, 3.8) is 0 Å². The summed E-state index contributed by atoms with van der Waals surface area (Å²) in [5.74, 6) is 2.06. The normalized spacial score (nSPS) is 11.2. The first-order valence-corrected chi connectivity index (χ1v) is 5.08. The highest BCUT2D eigenvalue weighted by molar-refractivity contribution is 5.20. The summed E-state index contributed by atoms with van der Waals surface area (Å²) in [5, 5.41) is 3.08. The van der Waals surface area contributed by atoms with Gasteiger partial charge in [0.15, 0.2) is 0 Å². The van der Waals surface area contributed by atoms with Crippen LogP contribution < -0.4 is 5.32 Å². The minimum Gasteiger partial charge on any atom is -0.465 e. The van der Waals surface area contributed by atoms with E-state index < -0.39 is 0 Å². The maximum Gasteiger partial charge on any atom is 0.118 e. The van der Waals surface area contributed by atoms with Crippen molar-refractivity contribution in [1.29, 1.82) is 0 Å². The molecule has 1 N–H and O–H groups in total. The van der Waals surface area contributed by atoms with Gasteiger partial charge in [-0.15, -0.1) is 0 Å². The molecule has 0 saturated heterocycles. The Morgan fingerprint density at radius 3 is 2.79 bits per heavy atom. The molecular weight excluding hydrogens is 176 g/mol. The molecule has 80 valence electrons. The van der Waals surface area contributed by atoms with E-state index in [0.29, 0.717) is 0 Å². The molecule has 3 nitrogen and oxygen atoms in total. The number of furan rings is 1. The summed E-state index contributed by atoms with van der Waals surface area (Å²) >= 11 is 0. The summed E-state index contributed by atoms with van der Waals surface area (Å²) in [6.07, 6.45) is 0. The largest absolute Gasteiger partial charge is 0.465 e. The van der Waals surface area contributed by atoms with Crippen LogP contribution in [0, 0.1) is 6.92 Å². The van der Waals surface area contributed by atoms with Gasteiger partial charge >= 0.3 is 0 Å². The summed E-state index contributed by atoms with van der Waals surface area (Å²) in [5.41, 5.74) is 1.29. The van der Waals surface area contributed by atoms with Crippen LogP contribution in [-0.4, -0.2) is 25.5 Å². The third-order valence-corrected chi connectivity index (χ3v) is 2.40. The molecule has 0 unspecified atom stereocenters. The molecule has 1 aromatic heterocycles. The molecule has 0 fully saturated rings. The predicted octanol–water partition coefficient (Wildman–Crippen LogP) is 1.76. The molecule has 0 saturated carbocycles. The Morgan fingerprint density at radius 1 is 1.50 bits per heavy atom. The van der Waals surface area contributed by atoms with Crippen molar-refractivity contribution < 1.29 is 4.42 Å². The lowest BCUT2D eigenvalue weighted by Crippen LogP contribution is -2.16. The van der Waals surface area contributed by atoms with E-state index in [1.165, 1.54) is 5.56 Å². The summed E-state index contributed by atoms with van der Waals surface area (Å²) < 4.78 is 5.61. The van der Waals surface area contributed by atoms with Crippen molar-refractivity contribution in [3.8, 4) is 0 Å². The summed E-state index contributed by atoms with van der Waals surface area (Å²) in [4.78, 5) is 2.26. The van der Waals surface area contributed by atoms with Gasteiger partial charge in [0.1, 0.15) is 11.5 Å². The Labute approximate surface area is 86.1 Å². The molecule has 0 radical (unpaired) electrons. The second-order valence-corrected chi connectivity index (χ2v) is 3.65. The highest BCUT2D eigenvalue weighted by Gasteiger charge is 2.07. The number of aryl methyl sites for hydroxylation is 1. The highest BCUT2D eigenvalue weighted by atomic mass is 16.3. The van der Waals surface area contributed by atoms with Gasteiger partial charge in [-0.1, -0.05) is 6.92 Å². The maximum absolute atomic E-state index is 5.61. The van der Waals surface area contributed by atoms with Crippen LogP contribution in [0.4, 0.5) is 0 Å². The van der Waals surface area contributed by atoms with Crippen LogP contribution in [0.1, 0.15) is 24.0 Å². The molecule has 1 heterocycles. The number of rotatable bonds is 5. The van der Waals surface area contributed by atoms with Crippen molar-refractivity contribution in [2.24, 2.45) is 0 Å². The van der Waals surface area contributed by atoms with E-state index in [1.54, 1.807) is 0 Å². The quantitative estimate of drug-likeness (QED) is 0.778. The summed E-state index contributed by atoms with van der Waals surface area (Å²) in [6, 6.07) is 2.14. The Morgan fingerprint density at radius 2 is 2.21 bits per heavy atom. The van der Waals surface area contributed by atoms with Crippen molar-refractivity contribution in [1.82, 2.24) is 10.2 Å². The molecule has 0 bridgehead atoms. The zero-order chi connectivity index (χ0) is 10.6. The fourth-order valence-corrected chi connectivity index (χ4v) is 1.41. The number of hydrogen-bond acceptors (Lipinski definition) is 3. The van der Waals surface area contributed by atoms with E-state index in [-0.39, 0.29) is 0 Å². The second-order valence-electron chi connectivity index (χ2n) is 3.65. The third kappa shape index (κ3) is 2.86. The fourth-order valence-electron chi connectivity index (χ4n) is 1.41. The van der Waals surface area contributed by atoms with Crippen molar-refractivity contribution in [2.75, 3.05) is 20.6 Å². The monoisotopic (exact) mass is 196 g/mol. The molecule has 0 atom stereocenters. The van der Waals surface area contributed by atoms with Crippen LogP contribution in [0.3, 0.4) is 0 Å². The van der Waals surface area contributed by atoms with Gasteiger partial charge in [0.25, 0.3) is 0 Å². The lowest BCUT2D eigenvalue weighted by atomic mass is 10.2. The van der Waals surface area contributed by atoms with Gasteiger partial charge in [-0.2, -0.15) is 0 Å². The fraction of sp³-hybridized carbons (Fsp3) is 0.636. The van der Waals surface area contributed by atoms with Crippen LogP contribution in [0.25, 0.3) is 0 Å². The Bertz CT molecular complexity index is 281. The molecule has 0 amide bonds. The van der Waals surface area contributed by atoms with Gasteiger partial charge in [-0.05, 0) is 33.6 Å². The first-order chi connectivity index (χ1) is 6.67. The van der Waals surface area contributed by atoms with Crippen LogP contribution in [0.15, 0.2) is 10.5 Å². The Balaban J connectivity index is 2.67. The minimum atomic E-state index is 0.802. The zero-order valence-corrected chi connectivity index (χ0v) is 9.55. The van der Waals surface area contributed by atoms with Crippen molar-refractivity contribution in [3.05, 3.63) is 23.2 Å². The number of hydrogen-bond donors (Lipinski definition) is 1. The topological polar surface area (TPSA) is 28.4 Å². The van der Waals surface area contributed by atoms with Gasteiger partial charge in [-0.25, -0.2) is 0 Å². The summed E-state index contributed by atoms with van der Waals surface area (Å²) in [7, 11) is 4.04. The maximum atomic E-state index is 5.61. The smallest absolute Gasteiger partial charge is 0.118 e. The highest BCUT2D eigenvalue weighted by Crippen LogP contribution is 2.15. The number of nitrogens with zero attached hydrogens (tertiary/aromatic N) is 1. The average Bonchev–Trinajstić information content (AvgIpc) is 2.47. The van der Waals surface area contributed by atoms with E-state index >= 15 is 0 Å². The van der Waals surface area contributed by atoms with Crippen molar-refractivity contribution in [2.45, 2.75) is 26.9 Å². The van der Waals surface area contributed by atoms with E-state index in [0.717, 1.165) is 31.2 Å². The molecule has 3 heteroatoms. The van der Waals surface area contributed by atoms with Gasteiger partial charge < -0.3 is 14.6 Å². The molecule has 0 aliphatic rings. The first kappa shape index (κ1) is 11.3. The van der Waals surface area contributed by atoms with E-state index in [4.69, 9.17) is 4.42 Å². The molecule has 0 spiro atoms. The van der Waals surface area contributed by atoms with E-state index in [1.807, 2.05) is 14.0 Å².